The van der Waals surface area contributed by atoms with E-state index in [1.807, 2.05) is 0 Å². The summed E-state index contributed by atoms with van der Waals surface area (Å²) >= 11 is 0. The number of rotatable bonds is 11. The van der Waals surface area contributed by atoms with Gasteiger partial charge in [0.05, 0.1) is 18.8 Å². The van der Waals surface area contributed by atoms with Gasteiger partial charge in [0.25, 0.3) is 0 Å². The van der Waals surface area contributed by atoms with Gasteiger partial charge in [-0.1, -0.05) is 45.1 Å². The molecule has 0 heterocycles. The maximum atomic E-state index is 11.1. The zero-order valence-corrected chi connectivity index (χ0v) is 11.4. The summed E-state index contributed by atoms with van der Waals surface area (Å²) < 4.78 is 4.50. The number of ether oxygens (including phenoxy) is 1. The third-order valence-corrected chi connectivity index (χ3v) is 2.99. The van der Waals surface area contributed by atoms with Crippen molar-refractivity contribution >= 4 is 5.97 Å². The predicted molar refractivity (Wildman–Crippen MR) is 71.2 cm³/mol. The van der Waals surface area contributed by atoms with Gasteiger partial charge in [-0.3, -0.25) is 0 Å². The molecule has 0 aromatic heterocycles. The maximum absolute atomic E-state index is 11.1. The largest absolute Gasteiger partial charge is 0.466 e. The van der Waals surface area contributed by atoms with Crippen LogP contribution in [0.1, 0.15) is 51.4 Å². The number of unbranched alkanes of at least 4 members (excludes halogenated alkanes) is 6. The Labute approximate surface area is 110 Å². The molecule has 4 nitrogen and oxygen atoms in total. The van der Waals surface area contributed by atoms with Crippen LogP contribution in [0.15, 0.2) is 12.2 Å². The molecule has 1 unspecified atom stereocenters. The molecule has 0 rings (SSSR count). The lowest BCUT2D eigenvalue weighted by atomic mass is 10.0. The van der Waals surface area contributed by atoms with Gasteiger partial charge < -0.3 is 14.9 Å². The number of esters is 1. The van der Waals surface area contributed by atoms with E-state index in [1.165, 1.54) is 7.11 Å². The molecule has 0 saturated carbocycles. The molecular formula is C14H26O4. The van der Waals surface area contributed by atoms with Crippen molar-refractivity contribution in [2.75, 3.05) is 13.7 Å². The molecule has 18 heavy (non-hydrogen) atoms. The van der Waals surface area contributed by atoms with E-state index in [0.29, 0.717) is 6.42 Å². The highest BCUT2D eigenvalue weighted by Gasteiger charge is 2.16. The fourth-order valence-electron chi connectivity index (χ4n) is 1.77. The minimum absolute atomic E-state index is 0.139. The van der Waals surface area contributed by atoms with Crippen LogP contribution in [-0.2, 0) is 9.53 Å². The number of hydrogen-bond donors (Lipinski definition) is 2. The van der Waals surface area contributed by atoms with Gasteiger partial charge >= 0.3 is 5.97 Å². The molecule has 0 aliphatic rings. The van der Waals surface area contributed by atoms with Crippen molar-refractivity contribution in [1.82, 2.24) is 0 Å². The highest BCUT2D eigenvalue weighted by atomic mass is 16.5. The minimum Gasteiger partial charge on any atom is -0.466 e. The third kappa shape index (κ3) is 8.25. The van der Waals surface area contributed by atoms with Gasteiger partial charge in [-0.25, -0.2) is 4.79 Å². The summed E-state index contributed by atoms with van der Waals surface area (Å²) in [7, 11) is 1.28. The molecule has 106 valence electrons. The average molecular weight is 258 g/mol. The Bertz CT molecular complexity index is 238. The van der Waals surface area contributed by atoms with Crippen LogP contribution in [0.5, 0.6) is 0 Å². The Balaban J connectivity index is 3.43. The van der Waals surface area contributed by atoms with Crippen molar-refractivity contribution in [3.63, 3.8) is 0 Å². The summed E-state index contributed by atoms with van der Waals surface area (Å²) in [6.07, 6.45) is 7.11. The predicted octanol–water partition coefficient (Wildman–Crippen LogP) is 2.19. The van der Waals surface area contributed by atoms with Crippen LogP contribution in [-0.4, -0.2) is 36.0 Å². The number of hydrogen-bond acceptors (Lipinski definition) is 4. The van der Waals surface area contributed by atoms with Gasteiger partial charge in [0.15, 0.2) is 0 Å². The number of methoxy groups -OCH3 is 1. The van der Waals surface area contributed by atoms with Crippen molar-refractivity contribution in [3.8, 4) is 0 Å². The van der Waals surface area contributed by atoms with E-state index in [4.69, 9.17) is 5.11 Å². The Kier molecular flexibility index (Phi) is 10.7. The lowest BCUT2D eigenvalue weighted by Gasteiger charge is -2.11. The number of aliphatic hydroxyl groups excluding tert-OH is 2. The van der Waals surface area contributed by atoms with Crippen molar-refractivity contribution in [3.05, 3.63) is 12.2 Å². The molecule has 2 N–H and O–H groups in total. The van der Waals surface area contributed by atoms with E-state index < -0.39 is 12.1 Å². The second-order valence-corrected chi connectivity index (χ2v) is 4.52. The number of carbonyl (C=O) groups is 1. The zero-order valence-electron chi connectivity index (χ0n) is 11.4. The first kappa shape index (κ1) is 17.1. The van der Waals surface area contributed by atoms with Crippen LogP contribution >= 0.6 is 0 Å². The van der Waals surface area contributed by atoms with Crippen LogP contribution in [0.25, 0.3) is 0 Å². The molecule has 0 radical (unpaired) electrons. The van der Waals surface area contributed by atoms with E-state index in [2.05, 4.69) is 11.3 Å². The van der Waals surface area contributed by atoms with E-state index >= 15 is 0 Å². The van der Waals surface area contributed by atoms with E-state index in [0.717, 1.165) is 44.9 Å². The Hall–Kier alpha value is -0.870. The summed E-state index contributed by atoms with van der Waals surface area (Å²) in [5, 5.41) is 18.3. The first-order valence-electron chi connectivity index (χ1n) is 6.69. The average Bonchev–Trinajstić information content (AvgIpc) is 2.39. The molecule has 4 heteroatoms. The first-order chi connectivity index (χ1) is 8.63. The Morgan fingerprint density at radius 2 is 1.61 bits per heavy atom. The molecule has 1 atom stereocenters. The fraction of sp³-hybridized carbons (Fsp3) is 0.786. The van der Waals surface area contributed by atoms with Gasteiger partial charge in [-0.15, -0.1) is 0 Å². The molecule has 0 fully saturated rings. The van der Waals surface area contributed by atoms with Crippen LogP contribution in [0.2, 0.25) is 0 Å². The van der Waals surface area contributed by atoms with Crippen molar-refractivity contribution in [1.29, 1.82) is 0 Å². The summed E-state index contributed by atoms with van der Waals surface area (Å²) in [4.78, 5) is 11.1. The Morgan fingerprint density at radius 1 is 1.11 bits per heavy atom. The fourth-order valence-corrected chi connectivity index (χ4v) is 1.77. The van der Waals surface area contributed by atoms with Gasteiger partial charge in [0, 0.05) is 6.61 Å². The molecule has 0 aromatic carbocycles. The number of aliphatic hydroxyl groups is 2. The lowest BCUT2D eigenvalue weighted by Crippen LogP contribution is -2.18. The normalized spacial score (nSPS) is 12.2. The SMILES string of the molecule is C=C(C(=O)OC)C(O)CCCCCCCCCO. The molecule has 0 aliphatic heterocycles. The first-order valence-corrected chi connectivity index (χ1v) is 6.69. The summed E-state index contributed by atoms with van der Waals surface area (Å²) in [6.45, 7) is 3.81. The highest BCUT2D eigenvalue weighted by molar-refractivity contribution is 5.88. The lowest BCUT2D eigenvalue weighted by molar-refractivity contribution is -0.137. The second-order valence-electron chi connectivity index (χ2n) is 4.52. The molecule has 0 aromatic rings. The summed E-state index contributed by atoms with van der Waals surface area (Å²) in [5.74, 6) is -0.536. The molecule has 0 saturated heterocycles. The summed E-state index contributed by atoms with van der Waals surface area (Å²) in [6, 6.07) is 0. The topological polar surface area (TPSA) is 66.8 Å². The van der Waals surface area contributed by atoms with Crippen molar-refractivity contribution < 1.29 is 19.7 Å². The second kappa shape index (κ2) is 11.2. The minimum atomic E-state index is -0.785. The van der Waals surface area contributed by atoms with Crippen molar-refractivity contribution in [2.24, 2.45) is 0 Å². The van der Waals surface area contributed by atoms with Gasteiger partial charge in [0.1, 0.15) is 0 Å². The highest BCUT2D eigenvalue weighted by Crippen LogP contribution is 2.13. The van der Waals surface area contributed by atoms with Crippen LogP contribution in [0.4, 0.5) is 0 Å². The zero-order chi connectivity index (χ0) is 13.8. The van der Waals surface area contributed by atoms with E-state index in [1.54, 1.807) is 0 Å². The van der Waals surface area contributed by atoms with Gasteiger partial charge in [-0.2, -0.15) is 0 Å². The van der Waals surface area contributed by atoms with E-state index in [-0.39, 0.29) is 12.2 Å². The molecule has 0 aliphatic carbocycles. The number of carbonyl (C=O) groups excluding carboxylic acids is 1. The monoisotopic (exact) mass is 258 g/mol. The molecule has 0 amide bonds. The van der Waals surface area contributed by atoms with Gasteiger partial charge in [0.2, 0.25) is 0 Å². The maximum Gasteiger partial charge on any atom is 0.335 e. The quantitative estimate of drug-likeness (QED) is 0.339. The van der Waals surface area contributed by atoms with Crippen LogP contribution in [0.3, 0.4) is 0 Å². The van der Waals surface area contributed by atoms with E-state index in [9.17, 15) is 9.90 Å². The molecule has 0 bridgehead atoms. The summed E-state index contributed by atoms with van der Waals surface area (Å²) in [5.41, 5.74) is 0.139. The standard InChI is InChI=1S/C14H26O4/c1-12(14(17)18-2)13(16)10-8-6-4-3-5-7-9-11-15/h13,15-16H,1,3-11H2,2H3. The molecule has 0 spiro atoms. The van der Waals surface area contributed by atoms with Gasteiger partial charge in [-0.05, 0) is 12.8 Å². The van der Waals surface area contributed by atoms with Crippen LogP contribution < -0.4 is 0 Å². The van der Waals surface area contributed by atoms with Crippen LogP contribution in [0, 0.1) is 0 Å². The smallest absolute Gasteiger partial charge is 0.335 e. The third-order valence-electron chi connectivity index (χ3n) is 2.99. The van der Waals surface area contributed by atoms with Crippen molar-refractivity contribution in [2.45, 2.75) is 57.5 Å². The Morgan fingerprint density at radius 3 is 2.11 bits per heavy atom. The molecular weight excluding hydrogens is 232 g/mol.